The van der Waals surface area contributed by atoms with E-state index in [0.29, 0.717) is 0 Å². The Labute approximate surface area is 156 Å². The van der Waals surface area contributed by atoms with Gasteiger partial charge in [0.1, 0.15) is 11.5 Å². The summed E-state index contributed by atoms with van der Waals surface area (Å²) in [5.41, 5.74) is 4.64. The van der Waals surface area contributed by atoms with Crippen LogP contribution in [0.4, 0.5) is 4.39 Å². The van der Waals surface area contributed by atoms with Crippen molar-refractivity contribution in [2.75, 3.05) is 13.1 Å². The molecular formula is C20H18ClFN4. The zero-order valence-electron chi connectivity index (χ0n) is 14.2. The first-order valence-corrected chi connectivity index (χ1v) is 8.84. The minimum absolute atomic E-state index is 0.111. The molecular weight excluding hydrogens is 351 g/mol. The first-order valence-electron chi connectivity index (χ1n) is 8.46. The molecule has 0 radical (unpaired) electrons. The highest BCUT2D eigenvalue weighted by Gasteiger charge is 2.25. The molecule has 0 saturated carbocycles. The molecule has 0 N–H and O–H groups in total. The summed E-state index contributed by atoms with van der Waals surface area (Å²) in [7, 11) is 0. The van der Waals surface area contributed by atoms with Gasteiger partial charge < -0.3 is 0 Å². The summed E-state index contributed by atoms with van der Waals surface area (Å²) in [4.78, 5) is 6.43. The van der Waals surface area contributed by atoms with Crippen LogP contribution in [0.25, 0.3) is 22.4 Å². The smallest absolute Gasteiger partial charge is 0.142 e. The first kappa shape index (κ1) is 16.9. The Morgan fingerprint density at radius 2 is 1.96 bits per heavy atom. The van der Waals surface area contributed by atoms with Gasteiger partial charge in [-0.25, -0.2) is 4.39 Å². The molecule has 0 unspecified atom stereocenters. The van der Waals surface area contributed by atoms with Crippen LogP contribution in [0.5, 0.6) is 0 Å². The molecule has 3 aromatic rings. The van der Waals surface area contributed by atoms with Gasteiger partial charge in [-0.15, -0.1) is 6.58 Å². The Morgan fingerprint density at radius 1 is 1.15 bits per heavy atom. The van der Waals surface area contributed by atoms with E-state index in [1.54, 1.807) is 18.5 Å². The zero-order valence-corrected chi connectivity index (χ0v) is 15.0. The molecule has 6 heteroatoms. The third-order valence-corrected chi connectivity index (χ3v) is 4.91. The summed E-state index contributed by atoms with van der Waals surface area (Å²) < 4.78 is 16.1. The maximum atomic E-state index is 14.0. The van der Waals surface area contributed by atoms with Crippen LogP contribution in [0.2, 0.25) is 5.02 Å². The third-order valence-electron chi connectivity index (χ3n) is 4.61. The van der Waals surface area contributed by atoms with Crippen LogP contribution in [0.3, 0.4) is 0 Å². The van der Waals surface area contributed by atoms with Crippen molar-refractivity contribution in [3.05, 3.63) is 71.9 Å². The number of pyridine rings is 1. The molecule has 1 aromatic carbocycles. The van der Waals surface area contributed by atoms with E-state index in [0.717, 1.165) is 54.3 Å². The predicted molar refractivity (Wildman–Crippen MR) is 101 cm³/mol. The van der Waals surface area contributed by atoms with Gasteiger partial charge in [0.2, 0.25) is 0 Å². The fourth-order valence-corrected chi connectivity index (χ4v) is 3.49. The lowest BCUT2D eigenvalue weighted by atomic mass is 9.99. The molecule has 26 heavy (non-hydrogen) atoms. The van der Waals surface area contributed by atoms with Gasteiger partial charge in [0.05, 0.1) is 17.3 Å². The Balaban J connectivity index is 1.89. The van der Waals surface area contributed by atoms with E-state index >= 15 is 0 Å². The lowest BCUT2D eigenvalue weighted by Crippen LogP contribution is -2.34. The fourth-order valence-electron chi connectivity index (χ4n) is 3.38. The lowest BCUT2D eigenvalue weighted by molar-refractivity contribution is 0.235. The van der Waals surface area contributed by atoms with Crippen molar-refractivity contribution in [2.24, 2.45) is 0 Å². The van der Waals surface area contributed by atoms with Gasteiger partial charge in [0.25, 0.3) is 0 Å². The number of nitrogens with zero attached hydrogens (tertiary/aromatic N) is 4. The number of fused-ring (bicyclic) bond motifs is 1. The molecule has 1 aliphatic rings. The van der Waals surface area contributed by atoms with Crippen molar-refractivity contribution in [2.45, 2.75) is 13.1 Å². The minimum Gasteiger partial charge on any atom is -0.292 e. The standard InChI is InChI=1S/C20H18ClFN4/c1-2-9-25-10-11-26-18(13-25)19(14-5-7-23-8-6-14)20(24-26)15-3-4-16(21)17(22)12-15/h2-8,12H,1,9-11,13H2. The number of benzene rings is 1. The van der Waals surface area contributed by atoms with Crippen molar-refractivity contribution in [1.29, 1.82) is 0 Å². The summed E-state index contributed by atoms with van der Waals surface area (Å²) in [6.07, 6.45) is 5.43. The molecule has 1 aliphatic heterocycles. The highest BCUT2D eigenvalue weighted by molar-refractivity contribution is 6.30. The van der Waals surface area contributed by atoms with Crippen LogP contribution in [-0.4, -0.2) is 32.8 Å². The van der Waals surface area contributed by atoms with E-state index in [-0.39, 0.29) is 5.02 Å². The predicted octanol–water partition coefficient (Wildman–Crippen LogP) is 4.41. The Kier molecular flexibility index (Phi) is 4.57. The maximum absolute atomic E-state index is 14.0. The van der Waals surface area contributed by atoms with Crippen LogP contribution in [0.1, 0.15) is 5.69 Å². The fraction of sp³-hybridized carbons (Fsp3) is 0.200. The van der Waals surface area contributed by atoms with Crippen LogP contribution in [0.15, 0.2) is 55.4 Å². The Hall–Kier alpha value is -2.50. The van der Waals surface area contributed by atoms with Gasteiger partial charge in [-0.2, -0.15) is 5.10 Å². The molecule has 132 valence electrons. The van der Waals surface area contributed by atoms with Crippen molar-refractivity contribution in [3.8, 4) is 22.4 Å². The summed E-state index contributed by atoms with van der Waals surface area (Å²) in [6, 6.07) is 8.75. The average molecular weight is 369 g/mol. The highest BCUT2D eigenvalue weighted by atomic mass is 35.5. The molecule has 0 spiro atoms. The molecule has 0 atom stereocenters. The topological polar surface area (TPSA) is 34.0 Å². The van der Waals surface area contributed by atoms with E-state index in [1.165, 1.54) is 6.07 Å². The first-order chi connectivity index (χ1) is 12.7. The second kappa shape index (κ2) is 7.02. The number of hydrogen-bond acceptors (Lipinski definition) is 3. The SMILES string of the molecule is C=CCN1CCn2nc(-c3ccc(Cl)c(F)c3)c(-c3ccncc3)c2C1. The van der Waals surface area contributed by atoms with Crippen molar-refractivity contribution < 1.29 is 4.39 Å². The molecule has 4 nitrogen and oxygen atoms in total. The van der Waals surface area contributed by atoms with Crippen molar-refractivity contribution in [3.63, 3.8) is 0 Å². The van der Waals surface area contributed by atoms with Gasteiger partial charge in [-0.3, -0.25) is 14.6 Å². The second-order valence-corrected chi connectivity index (χ2v) is 6.69. The monoisotopic (exact) mass is 368 g/mol. The van der Waals surface area contributed by atoms with Gasteiger partial charge in [0.15, 0.2) is 0 Å². The lowest BCUT2D eigenvalue weighted by Gasteiger charge is -2.27. The van der Waals surface area contributed by atoms with Gasteiger partial charge in [-0.1, -0.05) is 23.7 Å². The zero-order chi connectivity index (χ0) is 18.1. The summed E-state index contributed by atoms with van der Waals surface area (Å²) in [5.74, 6) is -0.441. The maximum Gasteiger partial charge on any atom is 0.142 e. The summed E-state index contributed by atoms with van der Waals surface area (Å²) >= 11 is 5.85. The number of hydrogen-bond donors (Lipinski definition) is 0. The molecule has 2 aromatic heterocycles. The minimum atomic E-state index is -0.441. The average Bonchev–Trinajstić information content (AvgIpc) is 3.04. The van der Waals surface area contributed by atoms with E-state index in [4.69, 9.17) is 16.7 Å². The van der Waals surface area contributed by atoms with Gasteiger partial charge in [0, 0.05) is 43.2 Å². The molecule has 0 amide bonds. The molecule has 3 heterocycles. The van der Waals surface area contributed by atoms with E-state index < -0.39 is 5.82 Å². The van der Waals surface area contributed by atoms with E-state index in [2.05, 4.69) is 16.5 Å². The summed E-state index contributed by atoms with van der Waals surface area (Å²) in [6.45, 7) is 7.13. The molecule has 0 saturated heterocycles. The molecule has 0 bridgehead atoms. The third kappa shape index (κ3) is 3.04. The van der Waals surface area contributed by atoms with Crippen molar-refractivity contribution in [1.82, 2.24) is 19.7 Å². The van der Waals surface area contributed by atoms with Crippen molar-refractivity contribution >= 4 is 11.6 Å². The number of halogens is 2. The number of aromatic nitrogens is 3. The van der Waals surface area contributed by atoms with E-state index in [9.17, 15) is 4.39 Å². The van der Waals surface area contributed by atoms with Gasteiger partial charge >= 0.3 is 0 Å². The van der Waals surface area contributed by atoms with Crippen LogP contribution >= 0.6 is 11.6 Å². The normalized spacial score (nSPS) is 14.2. The molecule has 4 rings (SSSR count). The Bertz CT molecular complexity index is 952. The second-order valence-electron chi connectivity index (χ2n) is 6.28. The van der Waals surface area contributed by atoms with E-state index in [1.807, 2.05) is 29.0 Å². The molecule has 0 aliphatic carbocycles. The quantitative estimate of drug-likeness (QED) is 0.640. The van der Waals surface area contributed by atoms with Crippen LogP contribution in [-0.2, 0) is 13.1 Å². The van der Waals surface area contributed by atoms with Gasteiger partial charge in [-0.05, 0) is 29.8 Å². The number of rotatable bonds is 4. The Morgan fingerprint density at radius 3 is 2.69 bits per heavy atom. The van der Waals surface area contributed by atoms with Crippen LogP contribution < -0.4 is 0 Å². The molecule has 0 fully saturated rings. The highest BCUT2D eigenvalue weighted by Crippen LogP contribution is 2.37. The summed E-state index contributed by atoms with van der Waals surface area (Å²) in [5, 5.41) is 4.91. The van der Waals surface area contributed by atoms with Crippen LogP contribution in [0, 0.1) is 5.82 Å². The largest absolute Gasteiger partial charge is 0.292 e.